The number of amides is 2. The number of nitrogens with zero attached hydrogens (tertiary/aromatic N) is 3. The number of halogens is 3. The van der Waals surface area contributed by atoms with Crippen molar-refractivity contribution >= 4 is 34.9 Å². The highest BCUT2D eigenvalue weighted by Crippen LogP contribution is 2.31. The Balaban J connectivity index is 1.23. The maximum absolute atomic E-state index is 14.6. The molecule has 12 heteroatoms. The second kappa shape index (κ2) is 12.0. The minimum Gasteiger partial charge on any atom is -0.494 e. The highest BCUT2D eigenvalue weighted by Gasteiger charge is 2.32. The SMILES string of the molecule is COc1ccc(-c2cnc(C(=O)Nc3ccc(C(=O)N4CCC(CC(=O)[C@@H]5CCNC5)C4)c(Cl)c3)n2C)c(F)c1F. The zero-order valence-corrected chi connectivity index (χ0v) is 23.4. The van der Waals surface area contributed by atoms with Crippen LogP contribution in [-0.4, -0.2) is 65.3 Å². The van der Waals surface area contributed by atoms with Gasteiger partial charge in [0.1, 0.15) is 5.78 Å². The molecule has 0 bridgehead atoms. The molecule has 2 fully saturated rings. The van der Waals surface area contributed by atoms with Gasteiger partial charge in [-0.2, -0.15) is 4.39 Å². The second-order valence-corrected chi connectivity index (χ2v) is 10.8. The third-order valence-corrected chi connectivity index (χ3v) is 8.08. The van der Waals surface area contributed by atoms with Crippen LogP contribution in [0.1, 0.15) is 40.2 Å². The van der Waals surface area contributed by atoms with E-state index in [1.807, 2.05) is 0 Å². The van der Waals surface area contributed by atoms with Crippen molar-refractivity contribution in [3.8, 4) is 17.0 Å². The predicted octanol–water partition coefficient (Wildman–Crippen LogP) is 4.31. The summed E-state index contributed by atoms with van der Waals surface area (Å²) in [5, 5.41) is 6.06. The van der Waals surface area contributed by atoms with Crippen molar-refractivity contribution in [2.24, 2.45) is 18.9 Å². The number of benzene rings is 2. The number of ketones is 1. The summed E-state index contributed by atoms with van der Waals surface area (Å²) >= 11 is 6.44. The van der Waals surface area contributed by atoms with Crippen molar-refractivity contribution in [1.82, 2.24) is 19.8 Å². The maximum Gasteiger partial charge on any atom is 0.291 e. The molecule has 5 rings (SSSR count). The van der Waals surface area contributed by atoms with E-state index in [4.69, 9.17) is 16.3 Å². The van der Waals surface area contributed by atoms with Gasteiger partial charge in [0, 0.05) is 50.3 Å². The molecule has 1 unspecified atom stereocenters. The van der Waals surface area contributed by atoms with E-state index in [0.717, 1.165) is 25.9 Å². The first-order valence-corrected chi connectivity index (χ1v) is 13.7. The normalized spacial score (nSPS) is 18.5. The van der Waals surface area contributed by atoms with E-state index in [1.165, 1.54) is 43.1 Å². The smallest absolute Gasteiger partial charge is 0.291 e. The lowest BCUT2D eigenvalue weighted by molar-refractivity contribution is -0.123. The number of likely N-dealkylation sites (tertiary alicyclic amines) is 1. The fourth-order valence-corrected chi connectivity index (χ4v) is 5.71. The largest absolute Gasteiger partial charge is 0.494 e. The summed E-state index contributed by atoms with van der Waals surface area (Å²) < 4.78 is 35.0. The number of Topliss-reactive ketones (excluding diaryl/α,β-unsaturated/α-hetero) is 1. The summed E-state index contributed by atoms with van der Waals surface area (Å²) in [6.45, 7) is 2.65. The summed E-state index contributed by atoms with van der Waals surface area (Å²) in [4.78, 5) is 44.5. The number of carbonyl (C=O) groups is 3. The fourth-order valence-electron chi connectivity index (χ4n) is 5.45. The van der Waals surface area contributed by atoms with E-state index in [9.17, 15) is 23.2 Å². The van der Waals surface area contributed by atoms with E-state index in [0.29, 0.717) is 30.8 Å². The maximum atomic E-state index is 14.6. The van der Waals surface area contributed by atoms with Crippen LogP contribution >= 0.6 is 11.6 Å². The van der Waals surface area contributed by atoms with Crippen molar-refractivity contribution in [2.75, 3.05) is 38.6 Å². The number of imidazole rings is 1. The quantitative estimate of drug-likeness (QED) is 0.408. The van der Waals surface area contributed by atoms with Crippen molar-refractivity contribution in [1.29, 1.82) is 0 Å². The summed E-state index contributed by atoms with van der Waals surface area (Å²) in [5.41, 5.74) is 0.747. The van der Waals surface area contributed by atoms with Crippen LogP contribution in [0, 0.1) is 23.5 Å². The molecule has 9 nitrogen and oxygen atoms in total. The average Bonchev–Trinajstić information content (AvgIpc) is 3.72. The monoisotopic (exact) mass is 585 g/mol. The minimum absolute atomic E-state index is 0.0436. The van der Waals surface area contributed by atoms with Gasteiger partial charge in [-0.15, -0.1) is 0 Å². The number of methoxy groups -OCH3 is 1. The van der Waals surface area contributed by atoms with Crippen LogP contribution in [0.15, 0.2) is 36.5 Å². The molecule has 2 aromatic carbocycles. The summed E-state index contributed by atoms with van der Waals surface area (Å²) in [5.74, 6) is -2.90. The Hall–Kier alpha value is -3.83. The molecule has 0 radical (unpaired) electrons. The molecule has 0 aliphatic carbocycles. The van der Waals surface area contributed by atoms with Crippen LogP contribution in [0.4, 0.5) is 14.5 Å². The van der Waals surface area contributed by atoms with Crippen LogP contribution in [0.2, 0.25) is 5.02 Å². The van der Waals surface area contributed by atoms with Gasteiger partial charge >= 0.3 is 0 Å². The number of rotatable bonds is 8. The van der Waals surface area contributed by atoms with Crippen molar-refractivity contribution in [3.63, 3.8) is 0 Å². The summed E-state index contributed by atoms with van der Waals surface area (Å²) in [6.07, 6.45) is 3.39. The van der Waals surface area contributed by atoms with Gasteiger partial charge in [0.15, 0.2) is 17.4 Å². The lowest BCUT2D eigenvalue weighted by atomic mass is 9.93. The molecule has 3 heterocycles. The Bertz CT molecular complexity index is 1500. The van der Waals surface area contributed by atoms with E-state index >= 15 is 0 Å². The van der Waals surface area contributed by atoms with Gasteiger partial charge in [-0.3, -0.25) is 14.4 Å². The van der Waals surface area contributed by atoms with Gasteiger partial charge in [-0.25, -0.2) is 9.37 Å². The van der Waals surface area contributed by atoms with Gasteiger partial charge in [0.05, 0.1) is 29.6 Å². The molecule has 2 aliphatic rings. The molecule has 41 heavy (non-hydrogen) atoms. The number of nitrogens with one attached hydrogen (secondary N) is 2. The topological polar surface area (TPSA) is 106 Å². The van der Waals surface area contributed by atoms with Crippen LogP contribution < -0.4 is 15.4 Å². The molecular formula is C29H30ClF2N5O4. The van der Waals surface area contributed by atoms with E-state index in [-0.39, 0.29) is 51.4 Å². The van der Waals surface area contributed by atoms with Crippen LogP contribution in [0.25, 0.3) is 11.3 Å². The highest BCUT2D eigenvalue weighted by atomic mass is 35.5. The minimum atomic E-state index is -1.14. The van der Waals surface area contributed by atoms with Gasteiger partial charge in [-0.05, 0) is 55.6 Å². The third kappa shape index (κ3) is 5.82. The van der Waals surface area contributed by atoms with E-state index in [1.54, 1.807) is 17.0 Å². The lowest BCUT2D eigenvalue weighted by Crippen LogP contribution is -2.29. The molecule has 2 atom stereocenters. The first-order chi connectivity index (χ1) is 19.7. The number of anilines is 1. The van der Waals surface area contributed by atoms with E-state index in [2.05, 4.69) is 15.6 Å². The Labute approximate surface area is 240 Å². The zero-order chi connectivity index (χ0) is 29.3. The lowest BCUT2D eigenvalue weighted by Gasteiger charge is -2.18. The Morgan fingerprint density at radius 1 is 1.17 bits per heavy atom. The first-order valence-electron chi connectivity index (χ1n) is 13.4. The number of hydrogen-bond donors (Lipinski definition) is 2. The molecular weight excluding hydrogens is 556 g/mol. The molecule has 0 saturated carbocycles. The van der Waals surface area contributed by atoms with Crippen molar-refractivity contribution < 1.29 is 27.9 Å². The number of hydrogen-bond acceptors (Lipinski definition) is 6. The van der Waals surface area contributed by atoms with Gasteiger partial charge in [0.2, 0.25) is 5.82 Å². The Morgan fingerprint density at radius 2 is 1.98 bits per heavy atom. The summed E-state index contributed by atoms with van der Waals surface area (Å²) in [7, 11) is 2.75. The molecule has 3 aromatic rings. The third-order valence-electron chi connectivity index (χ3n) is 7.77. The molecule has 2 amide bonds. The molecule has 0 spiro atoms. The van der Waals surface area contributed by atoms with Gasteiger partial charge in [0.25, 0.3) is 11.8 Å². The molecule has 2 N–H and O–H groups in total. The van der Waals surface area contributed by atoms with Crippen molar-refractivity contribution in [2.45, 2.75) is 19.3 Å². The average molecular weight is 586 g/mol. The molecule has 2 aliphatic heterocycles. The van der Waals surface area contributed by atoms with E-state index < -0.39 is 17.5 Å². The Kier molecular flexibility index (Phi) is 8.37. The fraction of sp³-hybridized carbons (Fsp3) is 0.379. The standard InChI is InChI=1S/C29H30ClF2N5O4/c1-36-22(20-5-6-24(41-2)26(32)25(20)31)14-34-27(36)28(39)35-18-3-4-19(21(30)12-18)29(40)37-10-8-16(15-37)11-23(38)17-7-9-33-13-17/h3-6,12,14,16-17,33H,7-11,13,15H2,1-2H3,(H,35,39)/t16?,17-/m1/s1. The van der Waals surface area contributed by atoms with Crippen LogP contribution in [-0.2, 0) is 11.8 Å². The molecule has 1 aromatic heterocycles. The zero-order valence-electron chi connectivity index (χ0n) is 22.7. The highest BCUT2D eigenvalue weighted by molar-refractivity contribution is 6.34. The number of ether oxygens (including phenoxy) is 1. The van der Waals surface area contributed by atoms with Gasteiger partial charge in [-0.1, -0.05) is 11.6 Å². The second-order valence-electron chi connectivity index (χ2n) is 10.4. The first kappa shape index (κ1) is 28.7. The number of aromatic nitrogens is 2. The Morgan fingerprint density at radius 3 is 2.68 bits per heavy atom. The molecule has 216 valence electrons. The van der Waals surface area contributed by atoms with Gasteiger partial charge < -0.3 is 24.8 Å². The van der Waals surface area contributed by atoms with Crippen LogP contribution in [0.3, 0.4) is 0 Å². The molecule has 2 saturated heterocycles. The summed E-state index contributed by atoms with van der Waals surface area (Å²) in [6, 6.07) is 7.21. The predicted molar refractivity (Wildman–Crippen MR) is 149 cm³/mol. The van der Waals surface area contributed by atoms with Crippen LogP contribution in [0.5, 0.6) is 5.75 Å². The number of carbonyl (C=O) groups excluding carboxylic acids is 3. The van der Waals surface area contributed by atoms with Crippen molar-refractivity contribution in [3.05, 3.63) is 64.6 Å².